The molecule has 0 amide bonds. The third-order valence-electron chi connectivity index (χ3n) is 4.50. The van der Waals surface area contributed by atoms with Crippen molar-refractivity contribution in [3.05, 3.63) is 47.8 Å². The number of nitrogens with one attached hydrogen (secondary N) is 1. The summed E-state index contributed by atoms with van der Waals surface area (Å²) in [7, 11) is 0. The zero-order valence-electron chi connectivity index (χ0n) is 15.4. The first kappa shape index (κ1) is 19.9. The monoisotopic (exact) mass is 394 g/mol. The van der Waals surface area contributed by atoms with Gasteiger partial charge in [0.2, 0.25) is 5.95 Å². The van der Waals surface area contributed by atoms with E-state index >= 15 is 0 Å². The normalized spacial score (nSPS) is 17.3. The van der Waals surface area contributed by atoms with Crippen LogP contribution in [0.15, 0.2) is 36.7 Å². The molecule has 0 aliphatic carbocycles. The van der Waals surface area contributed by atoms with Crippen LogP contribution in [0.2, 0.25) is 0 Å². The Morgan fingerprint density at radius 1 is 1.29 bits per heavy atom. The van der Waals surface area contributed by atoms with Crippen molar-refractivity contribution in [2.24, 2.45) is 0 Å². The molecule has 1 aromatic carbocycles. The Labute approximate surface area is 160 Å². The lowest BCUT2D eigenvalue weighted by molar-refractivity contribution is -0.138. The van der Waals surface area contributed by atoms with E-state index in [2.05, 4.69) is 15.3 Å². The van der Waals surface area contributed by atoms with Gasteiger partial charge in [0.1, 0.15) is 6.17 Å². The van der Waals surface area contributed by atoms with Gasteiger partial charge in [-0.05, 0) is 50.5 Å². The molecule has 0 unspecified atom stereocenters. The number of piperidine rings is 1. The summed E-state index contributed by atoms with van der Waals surface area (Å²) in [5.41, 5.74) is -1.09. The quantitative estimate of drug-likeness (QED) is 0.770. The number of hydrogen-bond acceptors (Lipinski definition) is 6. The highest BCUT2D eigenvalue weighted by Crippen LogP contribution is 2.36. The van der Waals surface area contributed by atoms with Gasteiger partial charge in [-0.2, -0.15) is 13.2 Å². The van der Waals surface area contributed by atoms with Crippen molar-refractivity contribution >= 4 is 17.6 Å². The van der Waals surface area contributed by atoms with E-state index in [9.17, 15) is 18.0 Å². The van der Waals surface area contributed by atoms with Crippen LogP contribution in [0.4, 0.5) is 24.8 Å². The summed E-state index contributed by atoms with van der Waals surface area (Å²) in [6, 6.07) is 5.40. The predicted octanol–water partition coefficient (Wildman–Crippen LogP) is 4.10. The zero-order chi connectivity index (χ0) is 20.1. The fourth-order valence-electron chi connectivity index (χ4n) is 3.25. The van der Waals surface area contributed by atoms with Crippen molar-refractivity contribution < 1.29 is 22.7 Å². The van der Waals surface area contributed by atoms with Gasteiger partial charge < -0.3 is 15.0 Å². The van der Waals surface area contributed by atoms with E-state index in [0.29, 0.717) is 18.2 Å². The van der Waals surface area contributed by atoms with Gasteiger partial charge in [-0.3, -0.25) is 0 Å². The Morgan fingerprint density at radius 2 is 2.04 bits per heavy atom. The van der Waals surface area contributed by atoms with E-state index in [-0.39, 0.29) is 12.8 Å². The number of hydrogen-bond donors (Lipinski definition) is 1. The van der Waals surface area contributed by atoms with Crippen LogP contribution in [0.25, 0.3) is 0 Å². The molecule has 1 aliphatic rings. The summed E-state index contributed by atoms with van der Waals surface area (Å²) in [5, 5.41) is 3.18. The maximum absolute atomic E-state index is 13.6. The van der Waals surface area contributed by atoms with Crippen LogP contribution in [0.5, 0.6) is 0 Å². The fourth-order valence-corrected chi connectivity index (χ4v) is 3.25. The number of alkyl halides is 3. The van der Waals surface area contributed by atoms with Gasteiger partial charge in [-0.1, -0.05) is 0 Å². The number of nitrogens with zero attached hydrogens (tertiary/aromatic N) is 3. The second-order valence-corrected chi connectivity index (χ2v) is 6.37. The number of aromatic nitrogens is 2. The Morgan fingerprint density at radius 3 is 2.71 bits per heavy atom. The van der Waals surface area contributed by atoms with Gasteiger partial charge in [0.15, 0.2) is 0 Å². The molecule has 28 heavy (non-hydrogen) atoms. The average molecular weight is 394 g/mol. The highest BCUT2D eigenvalue weighted by Gasteiger charge is 2.37. The lowest BCUT2D eigenvalue weighted by atomic mass is 10.0. The maximum Gasteiger partial charge on any atom is 0.417 e. The summed E-state index contributed by atoms with van der Waals surface area (Å²) in [6.45, 7) is 2.14. The highest BCUT2D eigenvalue weighted by molar-refractivity contribution is 5.92. The minimum Gasteiger partial charge on any atom is -0.462 e. The SMILES string of the molecule is CCOC(=O)c1ccc(N2CCCC[C@H]2Nc2ncccn2)cc1C(F)(F)F. The van der Waals surface area contributed by atoms with Gasteiger partial charge in [-0.25, -0.2) is 14.8 Å². The summed E-state index contributed by atoms with van der Waals surface area (Å²) >= 11 is 0. The molecule has 1 aromatic heterocycles. The lowest BCUT2D eigenvalue weighted by Gasteiger charge is -2.38. The topological polar surface area (TPSA) is 67.3 Å². The molecule has 6 nitrogen and oxygen atoms in total. The molecular weight excluding hydrogens is 373 g/mol. The van der Waals surface area contributed by atoms with Crippen LogP contribution in [0, 0.1) is 0 Å². The summed E-state index contributed by atoms with van der Waals surface area (Å²) in [5.74, 6) is -0.564. The van der Waals surface area contributed by atoms with Crippen LogP contribution in [-0.4, -0.2) is 35.3 Å². The third-order valence-corrected chi connectivity index (χ3v) is 4.50. The van der Waals surface area contributed by atoms with Crippen LogP contribution in [0.3, 0.4) is 0 Å². The summed E-state index contributed by atoms with van der Waals surface area (Å²) in [6.07, 6.45) is 0.809. The Bertz CT molecular complexity index is 815. The van der Waals surface area contributed by atoms with E-state index in [1.807, 2.05) is 4.90 Å². The molecule has 150 valence electrons. The molecule has 2 heterocycles. The molecule has 1 atom stereocenters. The van der Waals surface area contributed by atoms with E-state index in [4.69, 9.17) is 4.74 Å². The van der Waals surface area contributed by atoms with Gasteiger partial charge in [0, 0.05) is 24.6 Å². The number of rotatable bonds is 5. The third kappa shape index (κ3) is 4.52. The summed E-state index contributed by atoms with van der Waals surface area (Å²) < 4.78 is 45.5. The predicted molar refractivity (Wildman–Crippen MR) is 98.0 cm³/mol. The largest absolute Gasteiger partial charge is 0.462 e. The van der Waals surface area contributed by atoms with Crippen LogP contribution < -0.4 is 10.2 Å². The van der Waals surface area contributed by atoms with Crippen molar-refractivity contribution in [2.45, 2.75) is 38.5 Å². The molecule has 9 heteroatoms. The number of carbonyl (C=O) groups excluding carboxylic acids is 1. The lowest BCUT2D eigenvalue weighted by Crippen LogP contribution is -2.45. The maximum atomic E-state index is 13.6. The number of benzene rings is 1. The average Bonchev–Trinajstić information content (AvgIpc) is 2.68. The van der Waals surface area contributed by atoms with E-state index in [1.165, 1.54) is 12.1 Å². The molecule has 1 fully saturated rings. The molecule has 0 bridgehead atoms. The van der Waals surface area contributed by atoms with Crippen molar-refractivity contribution in [1.29, 1.82) is 0 Å². The zero-order valence-corrected chi connectivity index (χ0v) is 15.4. The first-order chi connectivity index (χ1) is 13.4. The molecule has 0 saturated carbocycles. The smallest absolute Gasteiger partial charge is 0.417 e. The highest BCUT2D eigenvalue weighted by atomic mass is 19.4. The Balaban J connectivity index is 1.93. The minimum absolute atomic E-state index is 0.00702. The first-order valence-electron chi connectivity index (χ1n) is 9.08. The number of esters is 1. The molecule has 3 rings (SSSR count). The van der Waals surface area contributed by atoms with Gasteiger partial charge in [-0.15, -0.1) is 0 Å². The molecule has 0 radical (unpaired) electrons. The van der Waals surface area contributed by atoms with Crippen molar-refractivity contribution in [2.75, 3.05) is 23.4 Å². The molecular formula is C19H21F3N4O2. The van der Waals surface area contributed by atoms with Gasteiger partial charge in [0.05, 0.1) is 17.7 Å². The van der Waals surface area contributed by atoms with Gasteiger partial charge >= 0.3 is 12.1 Å². The summed E-state index contributed by atoms with van der Waals surface area (Å²) in [4.78, 5) is 22.0. The second-order valence-electron chi connectivity index (χ2n) is 6.37. The Kier molecular flexibility index (Phi) is 6.01. The number of halogens is 3. The van der Waals surface area contributed by atoms with Crippen molar-refractivity contribution in [3.8, 4) is 0 Å². The van der Waals surface area contributed by atoms with Crippen LogP contribution in [-0.2, 0) is 10.9 Å². The van der Waals surface area contributed by atoms with Crippen LogP contribution >= 0.6 is 0 Å². The molecule has 1 N–H and O–H groups in total. The first-order valence-corrected chi connectivity index (χ1v) is 9.08. The van der Waals surface area contributed by atoms with E-state index in [1.54, 1.807) is 25.4 Å². The molecule has 1 aliphatic heterocycles. The van der Waals surface area contributed by atoms with Crippen molar-refractivity contribution in [1.82, 2.24) is 9.97 Å². The molecule has 2 aromatic rings. The number of carbonyl (C=O) groups is 1. The van der Waals surface area contributed by atoms with E-state index in [0.717, 1.165) is 25.3 Å². The molecule has 0 spiro atoms. The standard InChI is InChI=1S/C19H21F3N4O2/c1-2-28-17(27)14-8-7-13(12-15(14)19(20,21)22)26-11-4-3-6-16(26)25-18-23-9-5-10-24-18/h5,7-10,12,16H,2-4,6,11H2,1H3,(H,23,24,25)/t16-/m0/s1. The number of anilines is 2. The molecule has 1 saturated heterocycles. The van der Waals surface area contributed by atoms with Crippen LogP contribution in [0.1, 0.15) is 42.1 Å². The minimum atomic E-state index is -4.67. The van der Waals surface area contributed by atoms with E-state index < -0.39 is 23.3 Å². The van der Waals surface area contributed by atoms with Gasteiger partial charge in [0.25, 0.3) is 0 Å². The number of ether oxygens (including phenoxy) is 1. The fraction of sp³-hybridized carbons (Fsp3) is 0.421. The second kappa shape index (κ2) is 8.45. The Hall–Kier alpha value is -2.84. The van der Waals surface area contributed by atoms with Crippen molar-refractivity contribution in [3.63, 3.8) is 0 Å².